The minimum atomic E-state index is -1.36. The lowest BCUT2D eigenvalue weighted by molar-refractivity contribution is -0.311. The fourth-order valence-corrected chi connectivity index (χ4v) is 3.61. The fourth-order valence-electron chi connectivity index (χ4n) is 1.58. The smallest absolute Gasteiger partial charge is 0.314 e. The highest BCUT2D eigenvalue weighted by atomic mass is 33.1. The predicted octanol–water partition coefficient (Wildman–Crippen LogP) is 1.92. The van der Waals surface area contributed by atoms with Crippen molar-refractivity contribution in [1.82, 2.24) is 4.98 Å². The zero-order valence-electron chi connectivity index (χ0n) is 11.8. The lowest BCUT2D eigenvalue weighted by Crippen LogP contribution is -2.37. The number of pyridine rings is 1. The van der Waals surface area contributed by atoms with E-state index in [4.69, 9.17) is 4.74 Å². The summed E-state index contributed by atoms with van der Waals surface area (Å²) in [5.74, 6) is -2.35. The number of hydrogen-bond acceptors (Lipinski definition) is 7. The van der Waals surface area contributed by atoms with Crippen molar-refractivity contribution in [2.75, 3.05) is 12.4 Å². The molecule has 0 bridgehead atoms. The number of carbonyl (C=O) groups is 2. The van der Waals surface area contributed by atoms with E-state index in [0.29, 0.717) is 6.42 Å². The Morgan fingerprint density at radius 1 is 1.38 bits per heavy atom. The molecule has 0 spiro atoms. The molecule has 21 heavy (non-hydrogen) atoms. The normalized spacial score (nSPS) is 11.9. The molecule has 0 aromatic carbocycles. The molecule has 7 heteroatoms. The van der Waals surface area contributed by atoms with Gasteiger partial charge in [-0.05, 0) is 42.7 Å². The average molecular weight is 328 g/mol. The molecule has 1 unspecified atom stereocenters. The van der Waals surface area contributed by atoms with Crippen LogP contribution in [0.1, 0.15) is 26.2 Å². The maximum Gasteiger partial charge on any atom is 0.314 e. The summed E-state index contributed by atoms with van der Waals surface area (Å²) in [5, 5.41) is 11.8. The van der Waals surface area contributed by atoms with Crippen LogP contribution in [-0.4, -0.2) is 29.3 Å². The molecule has 1 atom stereocenters. The molecule has 0 amide bonds. The van der Waals surface area contributed by atoms with Gasteiger partial charge in [0.1, 0.15) is 5.03 Å². The summed E-state index contributed by atoms with van der Waals surface area (Å²) in [6, 6.07) is 5.73. The van der Waals surface area contributed by atoms with Gasteiger partial charge >= 0.3 is 5.97 Å². The number of rotatable bonds is 10. The van der Waals surface area contributed by atoms with Crippen LogP contribution in [0.2, 0.25) is 0 Å². The van der Waals surface area contributed by atoms with Crippen LogP contribution in [0, 0.1) is 5.92 Å². The zero-order chi connectivity index (χ0) is 15.5. The highest BCUT2D eigenvalue weighted by molar-refractivity contribution is 8.76. The molecule has 1 heterocycles. The van der Waals surface area contributed by atoms with Gasteiger partial charge in [-0.3, -0.25) is 4.79 Å². The fraction of sp³-hybridized carbons (Fsp3) is 0.500. The monoisotopic (exact) mass is 328 g/mol. The lowest BCUT2D eigenvalue weighted by atomic mass is 10.0. The SMILES string of the molecule is CCOC(=O)C(CCCCSSc1ccccn1)C(=O)[O-]. The van der Waals surface area contributed by atoms with E-state index in [9.17, 15) is 14.7 Å². The standard InChI is InChI=1S/C14H19NO4S2/c1-2-19-14(18)11(13(16)17)7-4-6-10-20-21-12-8-3-5-9-15-12/h3,5,8-9,11H,2,4,6-7,10H2,1H3,(H,16,17)/p-1. The van der Waals surface area contributed by atoms with Crippen LogP contribution in [0.15, 0.2) is 29.4 Å². The summed E-state index contributed by atoms with van der Waals surface area (Å²) in [6.45, 7) is 1.83. The Morgan fingerprint density at radius 2 is 2.19 bits per heavy atom. The van der Waals surface area contributed by atoms with Crippen LogP contribution >= 0.6 is 21.6 Å². The Morgan fingerprint density at radius 3 is 2.81 bits per heavy atom. The number of carbonyl (C=O) groups excluding carboxylic acids is 2. The van der Waals surface area contributed by atoms with Gasteiger partial charge in [-0.1, -0.05) is 23.3 Å². The first-order valence-corrected chi connectivity index (χ1v) is 9.05. The van der Waals surface area contributed by atoms with Gasteiger partial charge in [-0.25, -0.2) is 4.98 Å². The number of nitrogens with zero attached hydrogens (tertiary/aromatic N) is 1. The molecule has 0 fully saturated rings. The van der Waals surface area contributed by atoms with Gasteiger partial charge in [0.15, 0.2) is 0 Å². The van der Waals surface area contributed by atoms with Crippen molar-refractivity contribution in [3.05, 3.63) is 24.4 Å². The quantitative estimate of drug-likeness (QED) is 0.281. The second-order valence-electron chi connectivity index (χ2n) is 4.19. The lowest BCUT2D eigenvalue weighted by Gasteiger charge is -2.15. The number of carboxylic acid groups (broad SMARTS) is 1. The summed E-state index contributed by atoms with van der Waals surface area (Å²) in [7, 11) is 3.25. The third kappa shape index (κ3) is 7.38. The number of unbranched alkanes of at least 4 members (excludes halogenated alkanes) is 1. The Hall–Kier alpha value is -1.21. The van der Waals surface area contributed by atoms with Gasteiger partial charge in [-0.2, -0.15) is 0 Å². The van der Waals surface area contributed by atoms with E-state index in [1.165, 1.54) is 0 Å². The van der Waals surface area contributed by atoms with Gasteiger partial charge in [0.05, 0.1) is 18.5 Å². The highest BCUT2D eigenvalue weighted by Gasteiger charge is 2.20. The van der Waals surface area contributed by atoms with E-state index in [0.717, 1.165) is 17.2 Å². The highest BCUT2D eigenvalue weighted by Crippen LogP contribution is 2.29. The van der Waals surface area contributed by atoms with Crippen LogP contribution < -0.4 is 5.11 Å². The number of hydrogen-bond donors (Lipinski definition) is 0. The molecule has 0 saturated heterocycles. The minimum absolute atomic E-state index is 0.180. The first-order chi connectivity index (χ1) is 10.1. The van der Waals surface area contributed by atoms with Gasteiger partial charge in [0.2, 0.25) is 0 Å². The van der Waals surface area contributed by atoms with E-state index < -0.39 is 17.9 Å². The second kappa shape index (κ2) is 10.5. The molecule has 0 aliphatic rings. The van der Waals surface area contributed by atoms with Crippen molar-refractivity contribution in [1.29, 1.82) is 0 Å². The summed E-state index contributed by atoms with van der Waals surface area (Å²) < 4.78 is 4.72. The minimum Gasteiger partial charge on any atom is -0.549 e. The Balaban J connectivity index is 2.17. The number of esters is 1. The van der Waals surface area contributed by atoms with Crippen molar-refractivity contribution in [3.8, 4) is 0 Å². The molecular formula is C14H18NO4S2-. The Bertz CT molecular complexity index is 442. The molecule has 0 radical (unpaired) electrons. The van der Waals surface area contributed by atoms with Crippen LogP contribution in [0.3, 0.4) is 0 Å². The molecule has 5 nitrogen and oxygen atoms in total. The van der Waals surface area contributed by atoms with E-state index in [1.807, 2.05) is 18.2 Å². The third-order valence-electron chi connectivity index (χ3n) is 2.61. The Kier molecular flexibility index (Phi) is 8.93. The number of aliphatic carboxylic acids is 1. The van der Waals surface area contributed by atoms with Crippen LogP contribution in [-0.2, 0) is 14.3 Å². The third-order valence-corrected chi connectivity index (χ3v) is 4.96. The summed E-state index contributed by atoms with van der Waals surface area (Å²) in [5.41, 5.74) is 0. The molecule has 0 N–H and O–H groups in total. The number of ether oxygens (including phenoxy) is 1. The summed E-state index contributed by atoms with van der Waals surface area (Å²) in [6.07, 6.45) is 3.48. The van der Waals surface area contributed by atoms with Crippen LogP contribution in [0.4, 0.5) is 0 Å². The van der Waals surface area contributed by atoms with Gasteiger partial charge in [0.25, 0.3) is 0 Å². The zero-order valence-corrected chi connectivity index (χ0v) is 13.5. The Labute approximate surface area is 132 Å². The molecule has 0 saturated carbocycles. The number of aromatic nitrogens is 1. The number of carboxylic acids is 1. The average Bonchev–Trinajstić information content (AvgIpc) is 2.47. The molecule has 0 aliphatic carbocycles. The molecular weight excluding hydrogens is 310 g/mol. The van der Waals surface area contributed by atoms with Crippen molar-refractivity contribution in [3.63, 3.8) is 0 Å². The van der Waals surface area contributed by atoms with Crippen LogP contribution in [0.5, 0.6) is 0 Å². The van der Waals surface area contributed by atoms with Gasteiger partial charge < -0.3 is 14.6 Å². The van der Waals surface area contributed by atoms with E-state index in [-0.39, 0.29) is 13.0 Å². The first-order valence-electron chi connectivity index (χ1n) is 6.73. The van der Waals surface area contributed by atoms with E-state index >= 15 is 0 Å². The van der Waals surface area contributed by atoms with Gasteiger partial charge in [-0.15, -0.1) is 0 Å². The second-order valence-corrected chi connectivity index (χ2v) is 6.63. The van der Waals surface area contributed by atoms with Crippen molar-refractivity contribution >= 4 is 33.5 Å². The van der Waals surface area contributed by atoms with Crippen molar-refractivity contribution in [2.45, 2.75) is 31.2 Å². The molecule has 1 aromatic heterocycles. The first kappa shape index (κ1) is 17.8. The van der Waals surface area contributed by atoms with E-state index in [1.54, 1.807) is 34.7 Å². The molecule has 0 aliphatic heterocycles. The largest absolute Gasteiger partial charge is 0.549 e. The van der Waals surface area contributed by atoms with Gasteiger partial charge in [0, 0.05) is 11.9 Å². The maximum atomic E-state index is 11.4. The molecule has 1 rings (SSSR count). The summed E-state index contributed by atoms with van der Waals surface area (Å²) >= 11 is 0. The van der Waals surface area contributed by atoms with E-state index in [2.05, 4.69) is 4.98 Å². The maximum absolute atomic E-state index is 11.4. The molecule has 1 aromatic rings. The topological polar surface area (TPSA) is 79.3 Å². The predicted molar refractivity (Wildman–Crippen MR) is 81.5 cm³/mol. The summed E-state index contributed by atoms with van der Waals surface area (Å²) in [4.78, 5) is 26.5. The molecule has 116 valence electrons. The van der Waals surface area contributed by atoms with Crippen molar-refractivity contribution < 1.29 is 19.4 Å². The van der Waals surface area contributed by atoms with Crippen molar-refractivity contribution in [2.24, 2.45) is 5.92 Å². The van der Waals surface area contributed by atoms with Crippen LogP contribution in [0.25, 0.3) is 0 Å².